The summed E-state index contributed by atoms with van der Waals surface area (Å²) in [5.74, 6) is -1.62. The van der Waals surface area contributed by atoms with Crippen LogP contribution in [0.15, 0.2) is 87.0 Å². The van der Waals surface area contributed by atoms with Crippen LogP contribution in [0.4, 0.5) is 11.4 Å². The van der Waals surface area contributed by atoms with E-state index in [4.69, 9.17) is 4.42 Å². The van der Waals surface area contributed by atoms with Crippen LogP contribution in [-0.2, 0) is 4.79 Å². The zero-order chi connectivity index (χ0) is 27.1. The Hall–Kier alpha value is -3.84. The summed E-state index contributed by atoms with van der Waals surface area (Å²) in [4.78, 5) is 31.3. The van der Waals surface area contributed by atoms with Crippen molar-refractivity contribution in [1.29, 1.82) is 0 Å². The monoisotopic (exact) mass is 572 g/mol. The van der Waals surface area contributed by atoms with E-state index in [9.17, 15) is 14.7 Å². The van der Waals surface area contributed by atoms with Gasteiger partial charge in [0.25, 0.3) is 5.91 Å². The second kappa shape index (κ2) is 10.1. The standard InChI is InChI=1S/C31H29BrN2O4/c1-5-33(6-2)23-13-10-20(11-14-23)28-27(29(35)26-17-21-16-22(32)12-15-25(21)38-26)30(36)31(37)34(28)24-9-7-8-18(3)19(24)4/h7-17,28,36H,5-6H2,1-4H3. The summed E-state index contributed by atoms with van der Waals surface area (Å²) < 4.78 is 6.73. The molecule has 38 heavy (non-hydrogen) atoms. The van der Waals surface area contributed by atoms with Gasteiger partial charge in [0.2, 0.25) is 5.78 Å². The molecule has 2 heterocycles. The third-order valence-electron chi connectivity index (χ3n) is 7.33. The molecule has 1 N–H and O–H groups in total. The van der Waals surface area contributed by atoms with Crippen molar-refractivity contribution in [1.82, 2.24) is 0 Å². The molecule has 0 bridgehead atoms. The smallest absolute Gasteiger partial charge is 0.294 e. The summed E-state index contributed by atoms with van der Waals surface area (Å²) in [6.07, 6.45) is 0. The molecule has 0 radical (unpaired) electrons. The van der Waals surface area contributed by atoms with Gasteiger partial charge in [0, 0.05) is 34.3 Å². The van der Waals surface area contributed by atoms with Gasteiger partial charge in [-0.25, -0.2) is 0 Å². The summed E-state index contributed by atoms with van der Waals surface area (Å²) in [6, 6.07) is 19.8. The van der Waals surface area contributed by atoms with E-state index in [0.29, 0.717) is 11.3 Å². The molecule has 194 valence electrons. The second-order valence-electron chi connectivity index (χ2n) is 9.44. The number of halogens is 1. The minimum absolute atomic E-state index is 0.00428. The number of aliphatic hydroxyl groups excluding tert-OH is 1. The van der Waals surface area contributed by atoms with E-state index in [1.165, 1.54) is 4.90 Å². The third kappa shape index (κ3) is 4.31. The lowest BCUT2D eigenvalue weighted by Crippen LogP contribution is -2.31. The number of carbonyl (C=O) groups excluding carboxylic acids is 2. The number of anilines is 2. The first kappa shape index (κ1) is 25.8. The number of aryl methyl sites for hydroxylation is 1. The zero-order valence-electron chi connectivity index (χ0n) is 21.8. The molecule has 7 heteroatoms. The van der Waals surface area contributed by atoms with Gasteiger partial charge in [-0.05, 0) is 86.8 Å². The fraction of sp³-hybridized carbons (Fsp3) is 0.226. The Labute approximate surface area is 230 Å². The largest absolute Gasteiger partial charge is 0.503 e. The molecule has 1 amide bonds. The molecule has 0 aliphatic carbocycles. The predicted octanol–water partition coefficient (Wildman–Crippen LogP) is 7.44. The van der Waals surface area contributed by atoms with Crippen LogP contribution in [0.25, 0.3) is 11.0 Å². The molecule has 6 nitrogen and oxygen atoms in total. The van der Waals surface area contributed by atoms with Crippen molar-refractivity contribution >= 4 is 50.0 Å². The Bertz CT molecular complexity index is 1580. The number of Topliss-reactive ketones (excluding diaryl/α,β-unsaturated/α-hetero) is 1. The summed E-state index contributed by atoms with van der Waals surface area (Å²) in [6.45, 7) is 9.82. The average Bonchev–Trinajstić information content (AvgIpc) is 3.45. The van der Waals surface area contributed by atoms with Gasteiger partial charge in [0.1, 0.15) is 5.58 Å². The quantitative estimate of drug-likeness (QED) is 0.233. The first-order chi connectivity index (χ1) is 18.2. The first-order valence-corrected chi connectivity index (χ1v) is 13.5. The maximum Gasteiger partial charge on any atom is 0.294 e. The van der Waals surface area contributed by atoms with Crippen LogP contribution in [-0.4, -0.2) is 29.9 Å². The number of hydrogen-bond acceptors (Lipinski definition) is 5. The minimum atomic E-state index is -0.818. The maximum atomic E-state index is 13.9. The van der Waals surface area contributed by atoms with Crippen LogP contribution in [0.2, 0.25) is 0 Å². The van der Waals surface area contributed by atoms with Crippen LogP contribution in [0.1, 0.15) is 47.1 Å². The molecule has 0 saturated heterocycles. The van der Waals surface area contributed by atoms with E-state index >= 15 is 0 Å². The number of carbonyl (C=O) groups is 2. The minimum Gasteiger partial charge on any atom is -0.503 e. The van der Waals surface area contributed by atoms with Crippen LogP contribution >= 0.6 is 15.9 Å². The van der Waals surface area contributed by atoms with Crippen molar-refractivity contribution in [3.05, 3.63) is 105 Å². The molecule has 0 spiro atoms. The lowest BCUT2D eigenvalue weighted by atomic mass is 9.94. The molecule has 1 aromatic heterocycles. The molecule has 4 aromatic rings. The summed E-state index contributed by atoms with van der Waals surface area (Å²) in [7, 11) is 0. The van der Waals surface area contributed by atoms with Gasteiger partial charge >= 0.3 is 0 Å². The van der Waals surface area contributed by atoms with Crippen LogP contribution < -0.4 is 9.80 Å². The van der Waals surface area contributed by atoms with E-state index in [0.717, 1.165) is 45.3 Å². The molecule has 1 atom stereocenters. The van der Waals surface area contributed by atoms with Crippen LogP contribution in [0, 0.1) is 13.8 Å². The Morgan fingerprint density at radius 1 is 1.03 bits per heavy atom. The molecular formula is C31H29BrN2O4. The number of amides is 1. The fourth-order valence-corrected chi connectivity index (χ4v) is 5.49. The SMILES string of the molecule is CCN(CC)c1ccc(C2C(C(=O)c3cc4cc(Br)ccc4o3)=C(O)C(=O)N2c2cccc(C)c2C)cc1. The fourth-order valence-electron chi connectivity index (χ4n) is 5.11. The van der Waals surface area contributed by atoms with Gasteiger partial charge in [-0.2, -0.15) is 0 Å². The molecule has 1 aliphatic heterocycles. The van der Waals surface area contributed by atoms with Crippen molar-refractivity contribution in [3.8, 4) is 0 Å². The maximum absolute atomic E-state index is 13.9. The number of rotatable bonds is 7. The molecular weight excluding hydrogens is 544 g/mol. The number of hydrogen-bond donors (Lipinski definition) is 1. The normalized spacial score (nSPS) is 15.6. The average molecular weight is 573 g/mol. The van der Waals surface area contributed by atoms with Crippen molar-refractivity contribution in [2.45, 2.75) is 33.7 Å². The van der Waals surface area contributed by atoms with E-state index in [2.05, 4.69) is 34.7 Å². The van der Waals surface area contributed by atoms with E-state index < -0.39 is 23.5 Å². The zero-order valence-corrected chi connectivity index (χ0v) is 23.4. The van der Waals surface area contributed by atoms with Gasteiger partial charge in [-0.1, -0.05) is 40.2 Å². The highest BCUT2D eigenvalue weighted by molar-refractivity contribution is 9.10. The van der Waals surface area contributed by atoms with E-state index in [1.807, 2.05) is 68.4 Å². The number of aliphatic hydroxyl groups is 1. The molecule has 5 rings (SSSR count). The van der Waals surface area contributed by atoms with Crippen molar-refractivity contribution < 1.29 is 19.1 Å². The Morgan fingerprint density at radius 2 is 1.74 bits per heavy atom. The topological polar surface area (TPSA) is 74.0 Å². The summed E-state index contributed by atoms with van der Waals surface area (Å²) in [5, 5.41) is 11.9. The lowest BCUT2D eigenvalue weighted by molar-refractivity contribution is -0.117. The van der Waals surface area contributed by atoms with Crippen molar-refractivity contribution in [3.63, 3.8) is 0 Å². The van der Waals surface area contributed by atoms with E-state index in [1.54, 1.807) is 12.1 Å². The Kier molecular flexibility index (Phi) is 6.88. The number of furan rings is 1. The van der Waals surface area contributed by atoms with Crippen LogP contribution in [0.5, 0.6) is 0 Å². The lowest BCUT2D eigenvalue weighted by Gasteiger charge is -2.29. The Balaban J connectivity index is 1.66. The highest BCUT2D eigenvalue weighted by atomic mass is 79.9. The summed E-state index contributed by atoms with van der Waals surface area (Å²) in [5.41, 5.74) is 4.88. The summed E-state index contributed by atoms with van der Waals surface area (Å²) >= 11 is 3.44. The van der Waals surface area contributed by atoms with Crippen LogP contribution in [0.3, 0.4) is 0 Å². The third-order valence-corrected chi connectivity index (χ3v) is 7.82. The molecule has 1 unspecified atom stereocenters. The number of fused-ring (bicyclic) bond motifs is 1. The predicted molar refractivity (Wildman–Crippen MR) is 154 cm³/mol. The van der Waals surface area contributed by atoms with Crippen molar-refractivity contribution in [2.24, 2.45) is 0 Å². The van der Waals surface area contributed by atoms with Gasteiger partial charge in [0.05, 0.1) is 11.6 Å². The molecule has 3 aromatic carbocycles. The highest BCUT2D eigenvalue weighted by Crippen LogP contribution is 2.44. The highest BCUT2D eigenvalue weighted by Gasteiger charge is 2.45. The van der Waals surface area contributed by atoms with Crippen molar-refractivity contribution in [2.75, 3.05) is 22.9 Å². The molecule has 0 fully saturated rings. The number of nitrogens with zero attached hydrogens (tertiary/aromatic N) is 2. The molecule has 1 aliphatic rings. The van der Waals surface area contributed by atoms with E-state index in [-0.39, 0.29) is 11.3 Å². The number of benzene rings is 3. The van der Waals surface area contributed by atoms with Gasteiger partial charge < -0.3 is 14.4 Å². The second-order valence-corrected chi connectivity index (χ2v) is 10.4. The van der Waals surface area contributed by atoms with Gasteiger partial charge in [-0.3, -0.25) is 14.5 Å². The molecule has 0 saturated carbocycles. The Morgan fingerprint density at radius 3 is 2.42 bits per heavy atom. The van der Waals surface area contributed by atoms with Gasteiger partial charge in [-0.15, -0.1) is 0 Å². The number of ketones is 1. The van der Waals surface area contributed by atoms with Gasteiger partial charge in [0.15, 0.2) is 11.5 Å². The first-order valence-electron chi connectivity index (χ1n) is 12.7.